The van der Waals surface area contributed by atoms with Crippen LogP contribution in [0.5, 0.6) is 11.5 Å². The van der Waals surface area contributed by atoms with E-state index in [1.165, 1.54) is 0 Å². The molecule has 1 fully saturated rings. The summed E-state index contributed by atoms with van der Waals surface area (Å²) in [5, 5.41) is 6.06. The number of hydrogen-bond donors (Lipinski definition) is 2. The number of benzene rings is 1. The first-order chi connectivity index (χ1) is 13.2. The number of fused-ring (bicyclic) bond motifs is 1. The first-order valence-corrected chi connectivity index (χ1v) is 9.17. The summed E-state index contributed by atoms with van der Waals surface area (Å²) in [5.74, 6) is 2.16. The third kappa shape index (κ3) is 4.05. The average Bonchev–Trinajstić information content (AvgIpc) is 3.16. The van der Waals surface area contributed by atoms with E-state index in [1.54, 1.807) is 18.5 Å². The molecule has 2 atom stereocenters. The highest BCUT2D eigenvalue weighted by Gasteiger charge is 2.24. The first-order valence-electron chi connectivity index (χ1n) is 9.17. The van der Waals surface area contributed by atoms with Gasteiger partial charge in [-0.2, -0.15) is 0 Å². The van der Waals surface area contributed by atoms with Gasteiger partial charge in [0.2, 0.25) is 12.7 Å². The number of carbonyl (C=O) groups is 1. The van der Waals surface area contributed by atoms with Gasteiger partial charge >= 0.3 is 6.03 Å². The van der Waals surface area contributed by atoms with Gasteiger partial charge in [-0.3, -0.25) is 0 Å². The lowest BCUT2D eigenvalue weighted by atomic mass is 10.1. The van der Waals surface area contributed by atoms with Gasteiger partial charge in [-0.15, -0.1) is 0 Å². The number of aromatic nitrogens is 2. The maximum Gasteiger partial charge on any atom is 0.315 e. The molecule has 1 aromatic carbocycles. The summed E-state index contributed by atoms with van der Waals surface area (Å²) in [6.07, 6.45) is 5.40. The second-order valence-corrected chi connectivity index (χ2v) is 6.79. The molecule has 1 saturated heterocycles. The van der Waals surface area contributed by atoms with Crippen LogP contribution in [-0.4, -0.2) is 41.9 Å². The Balaban J connectivity index is 1.32. The molecule has 0 aliphatic carbocycles. The third-order valence-electron chi connectivity index (χ3n) is 4.84. The SMILES string of the molecule is CC(NC(=O)NC1CCCN(c2ncccn2)C1)c1ccc2c(c1)OCO2. The molecule has 0 spiro atoms. The Morgan fingerprint density at radius 2 is 2.07 bits per heavy atom. The molecule has 27 heavy (non-hydrogen) atoms. The number of anilines is 1. The van der Waals surface area contributed by atoms with E-state index in [-0.39, 0.29) is 24.9 Å². The molecule has 2 unspecified atom stereocenters. The normalized spacial score (nSPS) is 19.4. The molecule has 3 heterocycles. The summed E-state index contributed by atoms with van der Waals surface area (Å²) < 4.78 is 10.7. The van der Waals surface area contributed by atoms with Crippen LogP contribution in [-0.2, 0) is 0 Å². The van der Waals surface area contributed by atoms with Crippen molar-refractivity contribution >= 4 is 12.0 Å². The zero-order valence-electron chi connectivity index (χ0n) is 15.2. The molecule has 2 amide bonds. The number of rotatable bonds is 4. The predicted molar refractivity (Wildman–Crippen MR) is 99.9 cm³/mol. The minimum absolute atomic E-state index is 0.0616. The molecule has 8 nitrogen and oxygen atoms in total. The van der Waals surface area contributed by atoms with Crippen molar-refractivity contribution in [3.8, 4) is 11.5 Å². The van der Waals surface area contributed by atoms with E-state index in [0.29, 0.717) is 18.2 Å². The van der Waals surface area contributed by atoms with E-state index in [2.05, 4.69) is 25.5 Å². The molecule has 2 aromatic rings. The molecule has 1 aromatic heterocycles. The highest BCUT2D eigenvalue weighted by atomic mass is 16.7. The van der Waals surface area contributed by atoms with Crippen LogP contribution in [0.25, 0.3) is 0 Å². The van der Waals surface area contributed by atoms with Gasteiger partial charge in [0.1, 0.15) is 0 Å². The highest BCUT2D eigenvalue weighted by molar-refractivity contribution is 5.75. The second-order valence-electron chi connectivity index (χ2n) is 6.79. The molecule has 2 N–H and O–H groups in total. The fourth-order valence-corrected chi connectivity index (χ4v) is 3.42. The largest absolute Gasteiger partial charge is 0.454 e. The van der Waals surface area contributed by atoms with E-state index < -0.39 is 0 Å². The number of ether oxygens (including phenoxy) is 2. The summed E-state index contributed by atoms with van der Waals surface area (Å²) in [7, 11) is 0. The number of carbonyl (C=O) groups excluding carboxylic acids is 1. The predicted octanol–water partition coefficient (Wildman–Crippen LogP) is 2.23. The summed E-state index contributed by atoms with van der Waals surface area (Å²) in [4.78, 5) is 23.1. The molecule has 0 radical (unpaired) electrons. The Labute approximate surface area is 157 Å². The molecule has 0 bridgehead atoms. The Morgan fingerprint density at radius 3 is 2.93 bits per heavy atom. The van der Waals surface area contributed by atoms with Crippen LogP contribution in [0.2, 0.25) is 0 Å². The van der Waals surface area contributed by atoms with Crippen molar-refractivity contribution in [2.24, 2.45) is 0 Å². The lowest BCUT2D eigenvalue weighted by molar-refractivity contribution is 0.174. The molecular weight excluding hydrogens is 346 g/mol. The monoisotopic (exact) mass is 369 g/mol. The van der Waals surface area contributed by atoms with Gasteiger partial charge in [0.05, 0.1) is 6.04 Å². The van der Waals surface area contributed by atoms with Gasteiger partial charge in [0, 0.05) is 31.5 Å². The standard InChI is InChI=1S/C19H23N5O3/c1-13(14-5-6-16-17(10-14)27-12-26-16)22-19(25)23-15-4-2-9-24(11-15)18-20-7-3-8-21-18/h3,5-8,10,13,15H,2,4,9,11-12H2,1H3,(H2,22,23,25). The van der Waals surface area contributed by atoms with Crippen LogP contribution in [0.4, 0.5) is 10.7 Å². The van der Waals surface area contributed by atoms with Crippen molar-refractivity contribution in [2.45, 2.75) is 31.8 Å². The molecule has 0 saturated carbocycles. The van der Waals surface area contributed by atoms with Crippen molar-refractivity contribution in [1.29, 1.82) is 0 Å². The fourth-order valence-electron chi connectivity index (χ4n) is 3.42. The quantitative estimate of drug-likeness (QED) is 0.859. The number of hydrogen-bond acceptors (Lipinski definition) is 6. The third-order valence-corrected chi connectivity index (χ3v) is 4.84. The molecule has 2 aliphatic heterocycles. The average molecular weight is 369 g/mol. The zero-order valence-corrected chi connectivity index (χ0v) is 15.2. The van der Waals surface area contributed by atoms with Crippen molar-refractivity contribution < 1.29 is 14.3 Å². The summed E-state index contributed by atoms with van der Waals surface area (Å²) in [6.45, 7) is 3.79. The first kappa shape index (κ1) is 17.4. The summed E-state index contributed by atoms with van der Waals surface area (Å²) in [6, 6.07) is 7.25. The maximum atomic E-state index is 12.4. The second kappa shape index (κ2) is 7.69. The van der Waals surface area contributed by atoms with Gasteiger partial charge in [0.15, 0.2) is 11.5 Å². The Bertz CT molecular complexity index is 801. The minimum Gasteiger partial charge on any atom is -0.454 e. The number of nitrogens with one attached hydrogen (secondary N) is 2. The van der Waals surface area contributed by atoms with Crippen molar-refractivity contribution in [2.75, 3.05) is 24.8 Å². The Kier molecular flexibility index (Phi) is 4.95. The van der Waals surface area contributed by atoms with Crippen LogP contribution in [0, 0.1) is 0 Å². The Hall–Kier alpha value is -3.03. The number of nitrogens with zero attached hydrogens (tertiary/aromatic N) is 3. The molecule has 8 heteroatoms. The maximum absolute atomic E-state index is 12.4. The van der Waals surface area contributed by atoms with Crippen LogP contribution in [0.15, 0.2) is 36.7 Å². The highest BCUT2D eigenvalue weighted by Crippen LogP contribution is 2.34. The zero-order chi connectivity index (χ0) is 18.6. The van der Waals surface area contributed by atoms with Gasteiger partial charge in [-0.05, 0) is 43.5 Å². The van der Waals surface area contributed by atoms with Crippen molar-refractivity contribution in [1.82, 2.24) is 20.6 Å². The van der Waals surface area contributed by atoms with Crippen LogP contribution in [0.3, 0.4) is 0 Å². The number of urea groups is 1. The molecule has 2 aliphatic rings. The lowest BCUT2D eigenvalue weighted by Gasteiger charge is -2.33. The van der Waals surface area contributed by atoms with Crippen molar-refractivity contribution in [3.05, 3.63) is 42.2 Å². The fraction of sp³-hybridized carbons (Fsp3) is 0.421. The van der Waals surface area contributed by atoms with Crippen molar-refractivity contribution in [3.63, 3.8) is 0 Å². The summed E-state index contributed by atoms with van der Waals surface area (Å²) in [5.41, 5.74) is 0.970. The van der Waals surface area contributed by atoms with E-state index in [9.17, 15) is 4.79 Å². The van der Waals surface area contributed by atoms with Crippen LogP contribution >= 0.6 is 0 Å². The minimum atomic E-state index is -0.180. The van der Waals surface area contributed by atoms with Gasteiger partial charge in [0.25, 0.3) is 0 Å². The lowest BCUT2D eigenvalue weighted by Crippen LogP contribution is -2.51. The number of amides is 2. The Morgan fingerprint density at radius 1 is 1.26 bits per heavy atom. The van der Waals surface area contributed by atoms with E-state index >= 15 is 0 Å². The van der Waals surface area contributed by atoms with Crippen LogP contribution < -0.4 is 25.0 Å². The molecule has 142 valence electrons. The smallest absolute Gasteiger partial charge is 0.315 e. The topological polar surface area (TPSA) is 88.6 Å². The van der Waals surface area contributed by atoms with E-state index in [4.69, 9.17) is 9.47 Å². The number of piperidine rings is 1. The van der Waals surface area contributed by atoms with E-state index in [0.717, 1.165) is 30.7 Å². The van der Waals surface area contributed by atoms with Gasteiger partial charge in [-0.25, -0.2) is 14.8 Å². The summed E-state index contributed by atoms with van der Waals surface area (Å²) >= 11 is 0. The molecule has 4 rings (SSSR count). The van der Waals surface area contributed by atoms with Gasteiger partial charge < -0.3 is 25.0 Å². The van der Waals surface area contributed by atoms with Gasteiger partial charge in [-0.1, -0.05) is 6.07 Å². The molecular formula is C19H23N5O3. The van der Waals surface area contributed by atoms with E-state index in [1.807, 2.05) is 25.1 Å². The van der Waals surface area contributed by atoms with Crippen LogP contribution in [0.1, 0.15) is 31.4 Å².